The molecule has 1 rings (SSSR count). The molecule has 0 heterocycles. The van der Waals surface area contributed by atoms with E-state index < -0.39 is 11.5 Å². The summed E-state index contributed by atoms with van der Waals surface area (Å²) in [4.78, 5) is 23.8. The number of nitrogens with one attached hydrogen (secondary N) is 2. The molecule has 1 aromatic rings. The van der Waals surface area contributed by atoms with Gasteiger partial charge in [0.25, 0.3) is 0 Å². The standard InChI is InChI=1S/C15H22N2O2/c1-10-7-6-8-12(9-10)17-13(18)11(2)16-14(19)15(3,4)5/h6-9,11H,1-5H3,(H,16,19)(H,17,18). The third kappa shape index (κ3) is 4.73. The molecule has 0 aliphatic rings. The Hall–Kier alpha value is -1.84. The van der Waals surface area contributed by atoms with Crippen LogP contribution in [0.15, 0.2) is 24.3 Å². The molecular weight excluding hydrogens is 240 g/mol. The van der Waals surface area contributed by atoms with Crippen LogP contribution in [0.3, 0.4) is 0 Å². The summed E-state index contributed by atoms with van der Waals surface area (Å²) in [6, 6.07) is 6.98. The number of amides is 2. The minimum atomic E-state index is -0.563. The van der Waals surface area contributed by atoms with Crippen molar-refractivity contribution in [3.63, 3.8) is 0 Å². The van der Waals surface area contributed by atoms with Crippen LogP contribution in [-0.4, -0.2) is 17.9 Å². The lowest BCUT2D eigenvalue weighted by atomic mass is 9.95. The molecule has 1 unspecified atom stereocenters. The molecule has 0 fully saturated rings. The van der Waals surface area contributed by atoms with Crippen LogP contribution in [0.4, 0.5) is 5.69 Å². The number of aryl methyl sites for hydroxylation is 1. The summed E-state index contributed by atoms with van der Waals surface area (Å²) >= 11 is 0. The van der Waals surface area contributed by atoms with E-state index in [2.05, 4.69) is 10.6 Å². The Morgan fingerprint density at radius 1 is 1.21 bits per heavy atom. The van der Waals surface area contributed by atoms with E-state index in [0.717, 1.165) is 11.3 Å². The Morgan fingerprint density at radius 2 is 1.84 bits per heavy atom. The fourth-order valence-corrected chi connectivity index (χ4v) is 1.45. The van der Waals surface area contributed by atoms with Crippen LogP contribution >= 0.6 is 0 Å². The Kier molecular flexibility index (Phi) is 4.70. The molecule has 0 aromatic heterocycles. The zero-order chi connectivity index (χ0) is 14.6. The summed E-state index contributed by atoms with van der Waals surface area (Å²) in [5, 5.41) is 5.49. The number of benzene rings is 1. The summed E-state index contributed by atoms with van der Waals surface area (Å²) < 4.78 is 0. The Morgan fingerprint density at radius 3 is 2.37 bits per heavy atom. The second-order valence-electron chi connectivity index (χ2n) is 5.80. The molecule has 0 spiro atoms. The third-order valence-electron chi connectivity index (χ3n) is 2.71. The predicted molar refractivity (Wildman–Crippen MR) is 76.9 cm³/mol. The Labute approximate surface area is 114 Å². The van der Waals surface area contributed by atoms with Crippen LogP contribution in [0.2, 0.25) is 0 Å². The largest absolute Gasteiger partial charge is 0.344 e. The van der Waals surface area contributed by atoms with Gasteiger partial charge in [0, 0.05) is 11.1 Å². The molecule has 19 heavy (non-hydrogen) atoms. The van der Waals surface area contributed by atoms with Crippen molar-refractivity contribution in [3.05, 3.63) is 29.8 Å². The van der Waals surface area contributed by atoms with Gasteiger partial charge in [0.1, 0.15) is 6.04 Å². The summed E-state index contributed by atoms with van der Waals surface area (Å²) in [6.07, 6.45) is 0. The van der Waals surface area contributed by atoms with E-state index in [9.17, 15) is 9.59 Å². The van der Waals surface area contributed by atoms with E-state index in [4.69, 9.17) is 0 Å². The van der Waals surface area contributed by atoms with Gasteiger partial charge in [0.15, 0.2) is 0 Å². The number of rotatable bonds is 3. The first kappa shape index (κ1) is 15.2. The Bertz CT molecular complexity index is 475. The summed E-state index contributed by atoms with van der Waals surface area (Å²) in [5.74, 6) is -0.359. The van der Waals surface area contributed by atoms with E-state index >= 15 is 0 Å². The number of carbonyl (C=O) groups excluding carboxylic acids is 2. The molecule has 0 aliphatic carbocycles. The maximum atomic E-state index is 12.0. The van der Waals surface area contributed by atoms with Crippen molar-refractivity contribution < 1.29 is 9.59 Å². The van der Waals surface area contributed by atoms with Gasteiger partial charge in [-0.2, -0.15) is 0 Å². The van der Waals surface area contributed by atoms with Crippen LogP contribution in [0, 0.1) is 12.3 Å². The van der Waals surface area contributed by atoms with Crippen molar-refractivity contribution >= 4 is 17.5 Å². The van der Waals surface area contributed by atoms with Crippen LogP contribution < -0.4 is 10.6 Å². The van der Waals surface area contributed by atoms with Crippen molar-refractivity contribution in [3.8, 4) is 0 Å². The Balaban J connectivity index is 2.61. The molecule has 0 saturated carbocycles. The molecule has 0 radical (unpaired) electrons. The molecular formula is C15H22N2O2. The monoisotopic (exact) mass is 262 g/mol. The minimum absolute atomic E-state index is 0.139. The summed E-state index contributed by atoms with van der Waals surface area (Å²) in [7, 11) is 0. The lowest BCUT2D eigenvalue weighted by Gasteiger charge is -2.21. The molecule has 4 heteroatoms. The SMILES string of the molecule is Cc1cccc(NC(=O)C(C)NC(=O)C(C)(C)C)c1. The quantitative estimate of drug-likeness (QED) is 0.879. The first-order valence-electron chi connectivity index (χ1n) is 6.38. The molecule has 104 valence electrons. The van der Waals surface area contributed by atoms with E-state index in [1.54, 1.807) is 6.92 Å². The van der Waals surface area contributed by atoms with Crippen molar-refractivity contribution in [1.82, 2.24) is 5.32 Å². The topological polar surface area (TPSA) is 58.2 Å². The highest BCUT2D eigenvalue weighted by atomic mass is 16.2. The predicted octanol–water partition coefficient (Wildman–Crippen LogP) is 2.48. The highest BCUT2D eigenvalue weighted by molar-refractivity contribution is 5.97. The molecule has 4 nitrogen and oxygen atoms in total. The highest BCUT2D eigenvalue weighted by Gasteiger charge is 2.24. The van der Waals surface area contributed by atoms with Crippen molar-refractivity contribution in [2.45, 2.75) is 40.7 Å². The first-order valence-corrected chi connectivity index (χ1v) is 6.38. The second kappa shape index (κ2) is 5.87. The molecule has 0 bridgehead atoms. The third-order valence-corrected chi connectivity index (χ3v) is 2.71. The number of hydrogen-bond donors (Lipinski definition) is 2. The minimum Gasteiger partial charge on any atom is -0.344 e. The van der Waals surface area contributed by atoms with Crippen LogP contribution in [0.1, 0.15) is 33.3 Å². The second-order valence-corrected chi connectivity index (χ2v) is 5.80. The van der Waals surface area contributed by atoms with Gasteiger partial charge in [-0.3, -0.25) is 9.59 Å². The van der Waals surface area contributed by atoms with Crippen molar-refractivity contribution in [2.75, 3.05) is 5.32 Å². The van der Waals surface area contributed by atoms with Gasteiger partial charge in [0.05, 0.1) is 0 Å². The smallest absolute Gasteiger partial charge is 0.246 e. The maximum absolute atomic E-state index is 12.0. The van der Waals surface area contributed by atoms with E-state index in [-0.39, 0.29) is 11.8 Å². The molecule has 2 N–H and O–H groups in total. The summed E-state index contributed by atoms with van der Waals surface area (Å²) in [5.41, 5.74) is 1.31. The average Bonchev–Trinajstić information content (AvgIpc) is 2.27. The van der Waals surface area contributed by atoms with Gasteiger partial charge < -0.3 is 10.6 Å². The first-order chi connectivity index (χ1) is 8.70. The fourth-order valence-electron chi connectivity index (χ4n) is 1.45. The van der Waals surface area contributed by atoms with Gasteiger partial charge in [-0.1, -0.05) is 32.9 Å². The maximum Gasteiger partial charge on any atom is 0.246 e. The van der Waals surface area contributed by atoms with Crippen molar-refractivity contribution in [2.24, 2.45) is 5.41 Å². The zero-order valence-electron chi connectivity index (χ0n) is 12.2. The van der Waals surface area contributed by atoms with Crippen LogP contribution in [0.5, 0.6) is 0 Å². The molecule has 0 saturated heterocycles. The van der Waals surface area contributed by atoms with Gasteiger partial charge in [-0.15, -0.1) is 0 Å². The van der Waals surface area contributed by atoms with E-state index in [0.29, 0.717) is 0 Å². The number of anilines is 1. The van der Waals surface area contributed by atoms with Crippen LogP contribution in [-0.2, 0) is 9.59 Å². The number of hydrogen-bond acceptors (Lipinski definition) is 2. The van der Waals surface area contributed by atoms with E-state index in [1.165, 1.54) is 0 Å². The van der Waals surface area contributed by atoms with Crippen molar-refractivity contribution in [1.29, 1.82) is 0 Å². The molecule has 0 aliphatic heterocycles. The lowest BCUT2D eigenvalue weighted by molar-refractivity contribution is -0.131. The number of carbonyl (C=O) groups is 2. The van der Waals surface area contributed by atoms with Gasteiger partial charge in [0.2, 0.25) is 11.8 Å². The molecule has 1 atom stereocenters. The highest BCUT2D eigenvalue weighted by Crippen LogP contribution is 2.13. The molecule has 2 amide bonds. The zero-order valence-corrected chi connectivity index (χ0v) is 12.2. The van der Waals surface area contributed by atoms with Gasteiger partial charge in [-0.25, -0.2) is 0 Å². The van der Waals surface area contributed by atoms with E-state index in [1.807, 2.05) is 52.0 Å². The normalized spacial score (nSPS) is 12.7. The summed E-state index contributed by atoms with van der Waals surface area (Å²) in [6.45, 7) is 9.07. The molecule has 1 aromatic carbocycles. The average molecular weight is 262 g/mol. The van der Waals surface area contributed by atoms with Gasteiger partial charge >= 0.3 is 0 Å². The van der Waals surface area contributed by atoms with Crippen LogP contribution in [0.25, 0.3) is 0 Å². The fraction of sp³-hybridized carbons (Fsp3) is 0.467. The lowest BCUT2D eigenvalue weighted by Crippen LogP contribution is -2.46. The van der Waals surface area contributed by atoms with Gasteiger partial charge in [-0.05, 0) is 31.5 Å².